The lowest BCUT2D eigenvalue weighted by atomic mass is 9.98. The minimum atomic E-state index is -0.511. The highest BCUT2D eigenvalue weighted by molar-refractivity contribution is 5.71. The van der Waals surface area contributed by atoms with Crippen molar-refractivity contribution in [2.75, 3.05) is 6.73 Å². The monoisotopic (exact) mass is 184 g/mol. The van der Waals surface area contributed by atoms with Gasteiger partial charge in [0.2, 0.25) is 0 Å². The lowest BCUT2D eigenvalue weighted by Crippen LogP contribution is -2.34. The molecular weight excluding hydrogens is 168 g/mol. The molecule has 0 radical (unpaired) electrons. The van der Waals surface area contributed by atoms with Crippen molar-refractivity contribution >= 4 is 6.03 Å². The number of nitrogens with one attached hydrogen (secondary N) is 1. The second kappa shape index (κ2) is 3.54. The third-order valence-electron chi connectivity index (χ3n) is 3.22. The topological polar surface area (TPSA) is 64.4 Å². The van der Waals surface area contributed by atoms with Crippen LogP contribution in [0.2, 0.25) is 0 Å². The Morgan fingerprint density at radius 1 is 1.46 bits per heavy atom. The normalized spacial score (nSPS) is 36.5. The second-order valence-corrected chi connectivity index (χ2v) is 4.07. The predicted molar refractivity (Wildman–Crippen MR) is 47.9 cm³/mol. The van der Waals surface area contributed by atoms with Gasteiger partial charge in [0.15, 0.2) is 0 Å². The summed E-state index contributed by atoms with van der Waals surface area (Å²) in [6.07, 6.45) is 5.53. The molecule has 3 unspecified atom stereocenters. The summed E-state index contributed by atoms with van der Waals surface area (Å²) in [5, 5.41) is 2.45. The Balaban J connectivity index is 1.68. The van der Waals surface area contributed by atoms with Crippen LogP contribution in [-0.2, 0) is 4.74 Å². The molecule has 2 aliphatic carbocycles. The fraction of sp³-hybridized carbons (Fsp3) is 0.889. The van der Waals surface area contributed by atoms with Gasteiger partial charge in [0, 0.05) is 0 Å². The number of fused-ring (bicyclic) bond motifs is 2. The van der Waals surface area contributed by atoms with E-state index in [9.17, 15) is 4.79 Å². The zero-order valence-corrected chi connectivity index (χ0v) is 7.66. The van der Waals surface area contributed by atoms with Crippen molar-refractivity contribution in [3.63, 3.8) is 0 Å². The molecule has 2 rings (SSSR count). The predicted octanol–water partition coefficient (Wildman–Crippen LogP) is 0.817. The van der Waals surface area contributed by atoms with Crippen LogP contribution in [-0.4, -0.2) is 18.9 Å². The first-order valence-electron chi connectivity index (χ1n) is 4.90. The number of hydrogen-bond acceptors (Lipinski definition) is 2. The van der Waals surface area contributed by atoms with E-state index in [1.54, 1.807) is 0 Å². The molecule has 0 heterocycles. The van der Waals surface area contributed by atoms with Crippen LogP contribution in [0.25, 0.3) is 0 Å². The summed E-state index contributed by atoms with van der Waals surface area (Å²) < 4.78 is 5.54. The number of carbonyl (C=O) groups is 1. The summed E-state index contributed by atoms with van der Waals surface area (Å²) in [6.45, 7) is 0.267. The van der Waals surface area contributed by atoms with Crippen LogP contribution in [0, 0.1) is 11.8 Å². The molecule has 4 heteroatoms. The molecule has 13 heavy (non-hydrogen) atoms. The van der Waals surface area contributed by atoms with E-state index in [1.165, 1.54) is 25.7 Å². The lowest BCUT2D eigenvalue weighted by molar-refractivity contribution is 0.0109. The average molecular weight is 184 g/mol. The van der Waals surface area contributed by atoms with E-state index in [2.05, 4.69) is 5.32 Å². The fourth-order valence-corrected chi connectivity index (χ4v) is 2.61. The number of rotatable bonds is 3. The number of nitrogens with two attached hydrogens (primary N) is 1. The molecule has 0 saturated heterocycles. The van der Waals surface area contributed by atoms with Crippen LogP contribution >= 0.6 is 0 Å². The van der Waals surface area contributed by atoms with E-state index < -0.39 is 6.03 Å². The van der Waals surface area contributed by atoms with Gasteiger partial charge in [-0.05, 0) is 37.5 Å². The van der Waals surface area contributed by atoms with Gasteiger partial charge >= 0.3 is 6.03 Å². The van der Waals surface area contributed by atoms with E-state index in [1.807, 2.05) is 0 Å². The van der Waals surface area contributed by atoms with Crippen molar-refractivity contribution in [1.82, 2.24) is 5.32 Å². The van der Waals surface area contributed by atoms with Crippen LogP contribution in [0.1, 0.15) is 25.7 Å². The summed E-state index contributed by atoms with van der Waals surface area (Å²) in [5.74, 6) is 1.61. The Kier molecular flexibility index (Phi) is 2.40. The fourth-order valence-electron chi connectivity index (χ4n) is 2.61. The smallest absolute Gasteiger partial charge is 0.313 e. The third kappa shape index (κ3) is 1.94. The summed E-state index contributed by atoms with van der Waals surface area (Å²) >= 11 is 0. The largest absolute Gasteiger partial charge is 0.358 e. The zero-order valence-electron chi connectivity index (χ0n) is 7.66. The molecule has 2 amide bonds. The van der Waals surface area contributed by atoms with Gasteiger partial charge in [-0.1, -0.05) is 0 Å². The Labute approximate surface area is 77.8 Å². The second-order valence-electron chi connectivity index (χ2n) is 4.07. The van der Waals surface area contributed by atoms with Crippen LogP contribution in [0.4, 0.5) is 4.79 Å². The maximum absolute atomic E-state index is 10.4. The minimum absolute atomic E-state index is 0.267. The van der Waals surface area contributed by atoms with Crippen molar-refractivity contribution in [2.45, 2.75) is 31.8 Å². The van der Waals surface area contributed by atoms with Gasteiger partial charge in [0.1, 0.15) is 6.73 Å². The molecule has 0 aromatic carbocycles. The molecule has 0 aliphatic heterocycles. The van der Waals surface area contributed by atoms with Crippen molar-refractivity contribution in [1.29, 1.82) is 0 Å². The number of amides is 2. The Bertz CT molecular complexity index is 208. The van der Waals surface area contributed by atoms with Gasteiger partial charge < -0.3 is 15.8 Å². The summed E-state index contributed by atoms with van der Waals surface area (Å²) in [4.78, 5) is 10.4. The Morgan fingerprint density at radius 2 is 2.31 bits per heavy atom. The van der Waals surface area contributed by atoms with Crippen molar-refractivity contribution in [2.24, 2.45) is 17.6 Å². The summed E-state index contributed by atoms with van der Waals surface area (Å²) in [5.41, 5.74) is 4.92. The first-order chi connectivity index (χ1) is 6.25. The van der Waals surface area contributed by atoms with Gasteiger partial charge in [0.25, 0.3) is 0 Å². The van der Waals surface area contributed by atoms with Gasteiger partial charge in [-0.25, -0.2) is 4.79 Å². The molecule has 74 valence electrons. The molecule has 2 saturated carbocycles. The number of urea groups is 1. The van der Waals surface area contributed by atoms with Gasteiger partial charge in [0.05, 0.1) is 6.10 Å². The first-order valence-corrected chi connectivity index (χ1v) is 4.90. The zero-order chi connectivity index (χ0) is 9.26. The third-order valence-corrected chi connectivity index (χ3v) is 3.22. The molecule has 2 bridgehead atoms. The van der Waals surface area contributed by atoms with Crippen LogP contribution < -0.4 is 11.1 Å². The molecule has 3 atom stereocenters. The van der Waals surface area contributed by atoms with Crippen molar-refractivity contribution < 1.29 is 9.53 Å². The van der Waals surface area contributed by atoms with Gasteiger partial charge in [-0.15, -0.1) is 0 Å². The molecule has 2 aliphatic rings. The highest BCUT2D eigenvalue weighted by Gasteiger charge is 2.39. The standard InChI is InChI=1S/C9H16N2O2/c10-9(12)11-5-13-8-4-6-1-2-7(8)3-6/h6-8H,1-5H2,(H3,10,11,12). The SMILES string of the molecule is NC(=O)NCOC1CC2CCC1C2. The Hall–Kier alpha value is -0.770. The molecule has 4 nitrogen and oxygen atoms in total. The number of primary amides is 1. The number of ether oxygens (including phenoxy) is 1. The summed E-state index contributed by atoms with van der Waals surface area (Å²) in [6, 6.07) is -0.511. The van der Waals surface area contributed by atoms with Gasteiger partial charge in [-0.3, -0.25) is 0 Å². The highest BCUT2D eigenvalue weighted by atomic mass is 16.5. The summed E-state index contributed by atoms with van der Waals surface area (Å²) in [7, 11) is 0. The number of carbonyl (C=O) groups excluding carboxylic acids is 1. The average Bonchev–Trinajstić information content (AvgIpc) is 2.64. The molecule has 2 fully saturated rings. The molecule has 0 aromatic rings. The molecule has 0 spiro atoms. The van der Waals surface area contributed by atoms with Crippen LogP contribution in [0.15, 0.2) is 0 Å². The first kappa shape index (κ1) is 8.81. The maximum Gasteiger partial charge on any atom is 0.313 e. The quantitative estimate of drug-likeness (QED) is 0.638. The van der Waals surface area contributed by atoms with Crippen molar-refractivity contribution in [3.05, 3.63) is 0 Å². The Morgan fingerprint density at radius 3 is 2.85 bits per heavy atom. The van der Waals surface area contributed by atoms with E-state index in [0.29, 0.717) is 6.10 Å². The van der Waals surface area contributed by atoms with E-state index in [0.717, 1.165) is 11.8 Å². The lowest BCUT2D eigenvalue weighted by Gasteiger charge is -2.21. The van der Waals surface area contributed by atoms with E-state index in [-0.39, 0.29) is 6.73 Å². The van der Waals surface area contributed by atoms with Crippen molar-refractivity contribution in [3.8, 4) is 0 Å². The minimum Gasteiger partial charge on any atom is -0.358 e. The van der Waals surface area contributed by atoms with E-state index >= 15 is 0 Å². The van der Waals surface area contributed by atoms with Crippen LogP contribution in [0.3, 0.4) is 0 Å². The molecule has 3 N–H and O–H groups in total. The van der Waals surface area contributed by atoms with Crippen LogP contribution in [0.5, 0.6) is 0 Å². The van der Waals surface area contributed by atoms with Gasteiger partial charge in [-0.2, -0.15) is 0 Å². The molecule has 0 aromatic heterocycles. The maximum atomic E-state index is 10.4. The highest BCUT2D eigenvalue weighted by Crippen LogP contribution is 2.45. The van der Waals surface area contributed by atoms with E-state index in [4.69, 9.17) is 10.5 Å². The number of hydrogen-bond donors (Lipinski definition) is 2. The molecular formula is C9H16N2O2.